The second-order valence-corrected chi connectivity index (χ2v) is 5.71. The summed E-state index contributed by atoms with van der Waals surface area (Å²) < 4.78 is 29.7. The number of esters is 1. The highest BCUT2D eigenvalue weighted by Gasteiger charge is 2.22. The highest BCUT2D eigenvalue weighted by molar-refractivity contribution is 7.89. The minimum Gasteiger partial charge on any atom is -0.469 e. The van der Waals surface area contributed by atoms with Crippen molar-refractivity contribution in [1.29, 1.82) is 0 Å². The van der Waals surface area contributed by atoms with Crippen LogP contribution in [0.1, 0.15) is 12.0 Å². The first-order valence-corrected chi connectivity index (χ1v) is 6.98. The molecule has 1 aromatic carbocycles. The number of rotatable bonds is 5. The van der Waals surface area contributed by atoms with Gasteiger partial charge in [0.05, 0.1) is 25.0 Å². The molecule has 0 aliphatic rings. The van der Waals surface area contributed by atoms with E-state index in [1.54, 1.807) is 12.1 Å². The van der Waals surface area contributed by atoms with Crippen molar-refractivity contribution >= 4 is 16.0 Å². The van der Waals surface area contributed by atoms with Crippen molar-refractivity contribution < 1.29 is 17.9 Å². The van der Waals surface area contributed by atoms with E-state index in [1.807, 2.05) is 6.92 Å². The first-order chi connectivity index (χ1) is 8.91. The van der Waals surface area contributed by atoms with Crippen LogP contribution in [0.4, 0.5) is 0 Å². The van der Waals surface area contributed by atoms with E-state index >= 15 is 0 Å². The van der Waals surface area contributed by atoms with E-state index in [9.17, 15) is 13.2 Å². The standard InChI is InChI=1S/C13H15NO4S/c1-4-14(10-9-13(15)18-3)19(16,17)12-7-5-11(2)6-8-12/h1,5-8H,9-10H2,2-3H3. The molecule has 0 fully saturated rings. The second-order valence-electron chi connectivity index (χ2n) is 3.85. The van der Waals surface area contributed by atoms with Crippen LogP contribution in [0.5, 0.6) is 0 Å². The zero-order chi connectivity index (χ0) is 14.5. The van der Waals surface area contributed by atoms with E-state index in [1.165, 1.54) is 19.2 Å². The van der Waals surface area contributed by atoms with Crippen LogP contribution in [-0.4, -0.2) is 32.3 Å². The number of carbonyl (C=O) groups excluding carboxylic acids is 1. The maximum atomic E-state index is 12.2. The van der Waals surface area contributed by atoms with Crippen LogP contribution in [0.25, 0.3) is 0 Å². The van der Waals surface area contributed by atoms with Crippen molar-refractivity contribution in [3.05, 3.63) is 29.8 Å². The second kappa shape index (κ2) is 6.25. The summed E-state index contributed by atoms with van der Waals surface area (Å²) in [7, 11) is -2.55. The Kier molecular flexibility index (Phi) is 4.95. The molecule has 1 rings (SSSR count). The molecule has 0 unspecified atom stereocenters. The summed E-state index contributed by atoms with van der Waals surface area (Å²) in [5, 5.41) is 0. The molecule has 0 radical (unpaired) electrons. The minimum atomic E-state index is -3.78. The van der Waals surface area contributed by atoms with Crippen LogP contribution >= 0.6 is 0 Å². The van der Waals surface area contributed by atoms with Crippen LogP contribution in [0.15, 0.2) is 29.2 Å². The number of benzene rings is 1. The number of sulfonamides is 1. The van der Waals surface area contributed by atoms with Crippen LogP contribution < -0.4 is 0 Å². The molecular formula is C13H15NO4S. The Bertz CT molecular complexity index is 584. The lowest BCUT2D eigenvalue weighted by Gasteiger charge is -2.17. The molecule has 0 spiro atoms. The van der Waals surface area contributed by atoms with Gasteiger partial charge in [-0.3, -0.25) is 4.79 Å². The summed E-state index contributed by atoms with van der Waals surface area (Å²) in [6, 6.07) is 8.40. The van der Waals surface area contributed by atoms with Crippen LogP contribution in [-0.2, 0) is 19.6 Å². The van der Waals surface area contributed by atoms with E-state index in [2.05, 4.69) is 10.8 Å². The summed E-state index contributed by atoms with van der Waals surface area (Å²) in [5.41, 5.74) is 0.945. The molecule has 0 N–H and O–H groups in total. The van der Waals surface area contributed by atoms with Crippen molar-refractivity contribution in [3.63, 3.8) is 0 Å². The van der Waals surface area contributed by atoms with Gasteiger partial charge in [-0.15, -0.1) is 0 Å². The predicted molar refractivity (Wildman–Crippen MR) is 70.5 cm³/mol. The van der Waals surface area contributed by atoms with Crippen molar-refractivity contribution in [3.8, 4) is 12.5 Å². The summed E-state index contributed by atoms with van der Waals surface area (Å²) in [6.07, 6.45) is 5.11. The van der Waals surface area contributed by atoms with Gasteiger partial charge in [0.1, 0.15) is 0 Å². The van der Waals surface area contributed by atoms with Gasteiger partial charge >= 0.3 is 5.97 Å². The van der Waals surface area contributed by atoms with Crippen LogP contribution in [0.3, 0.4) is 0 Å². The fraction of sp³-hybridized carbons (Fsp3) is 0.308. The molecule has 0 amide bonds. The van der Waals surface area contributed by atoms with E-state index in [0.29, 0.717) is 0 Å². The summed E-state index contributed by atoms with van der Waals surface area (Å²) in [5.74, 6) is -0.514. The molecule has 102 valence electrons. The average molecular weight is 281 g/mol. The number of methoxy groups -OCH3 is 1. The number of carbonyl (C=O) groups is 1. The largest absolute Gasteiger partial charge is 0.469 e. The highest BCUT2D eigenvalue weighted by atomic mass is 32.2. The van der Waals surface area contributed by atoms with E-state index < -0.39 is 16.0 Å². The molecule has 6 heteroatoms. The zero-order valence-electron chi connectivity index (χ0n) is 10.8. The average Bonchev–Trinajstić information content (AvgIpc) is 2.39. The summed E-state index contributed by atoms with van der Waals surface area (Å²) in [6.45, 7) is 1.74. The SMILES string of the molecule is C#CN(CCC(=O)OC)S(=O)(=O)c1ccc(C)cc1. The molecule has 19 heavy (non-hydrogen) atoms. The molecule has 0 saturated heterocycles. The third-order valence-electron chi connectivity index (χ3n) is 2.50. The normalized spacial score (nSPS) is 10.6. The van der Waals surface area contributed by atoms with Gasteiger partial charge in [0.25, 0.3) is 10.0 Å². The van der Waals surface area contributed by atoms with Gasteiger partial charge in [-0.05, 0) is 19.1 Å². The molecule has 0 aliphatic carbocycles. The quantitative estimate of drug-likeness (QED) is 0.461. The number of nitrogens with zero attached hydrogens (tertiary/aromatic N) is 1. The zero-order valence-corrected chi connectivity index (χ0v) is 11.6. The lowest BCUT2D eigenvalue weighted by molar-refractivity contribution is -0.140. The van der Waals surface area contributed by atoms with Gasteiger partial charge in [-0.2, -0.15) is 0 Å². The Hall–Kier alpha value is -2.00. The monoisotopic (exact) mass is 281 g/mol. The first kappa shape index (κ1) is 15.1. The van der Waals surface area contributed by atoms with Crippen molar-refractivity contribution in [2.75, 3.05) is 13.7 Å². The van der Waals surface area contributed by atoms with Gasteiger partial charge in [-0.25, -0.2) is 12.7 Å². The Labute approximate surface area is 113 Å². The number of terminal acetylenes is 1. The number of ether oxygens (including phenoxy) is 1. The van der Waals surface area contributed by atoms with Gasteiger partial charge in [0.2, 0.25) is 0 Å². The lowest BCUT2D eigenvalue weighted by Crippen LogP contribution is -2.29. The third-order valence-corrected chi connectivity index (χ3v) is 4.24. The van der Waals surface area contributed by atoms with Gasteiger partial charge in [-0.1, -0.05) is 24.1 Å². The molecule has 1 aromatic rings. The maximum Gasteiger partial charge on any atom is 0.307 e. The van der Waals surface area contributed by atoms with E-state index in [4.69, 9.17) is 6.42 Å². The van der Waals surface area contributed by atoms with Gasteiger partial charge < -0.3 is 4.74 Å². The van der Waals surface area contributed by atoms with Crippen LogP contribution in [0, 0.1) is 19.4 Å². The van der Waals surface area contributed by atoms with Crippen LogP contribution in [0.2, 0.25) is 0 Å². The minimum absolute atomic E-state index is 0.0915. The Morgan fingerprint density at radius 1 is 1.37 bits per heavy atom. The molecule has 0 aromatic heterocycles. The topological polar surface area (TPSA) is 63.7 Å². The van der Waals surface area contributed by atoms with E-state index in [0.717, 1.165) is 9.87 Å². The molecule has 0 atom stereocenters. The first-order valence-electron chi connectivity index (χ1n) is 5.54. The third kappa shape index (κ3) is 3.73. The molecular weight excluding hydrogens is 266 g/mol. The molecule has 0 aliphatic heterocycles. The van der Waals surface area contributed by atoms with Gasteiger partial charge in [0.15, 0.2) is 0 Å². The number of hydrogen-bond acceptors (Lipinski definition) is 4. The smallest absolute Gasteiger partial charge is 0.307 e. The van der Waals surface area contributed by atoms with Crippen molar-refractivity contribution in [2.45, 2.75) is 18.2 Å². The summed E-state index contributed by atoms with van der Waals surface area (Å²) in [4.78, 5) is 11.1. The highest BCUT2D eigenvalue weighted by Crippen LogP contribution is 2.16. The molecule has 0 heterocycles. The molecule has 0 saturated carbocycles. The lowest BCUT2D eigenvalue weighted by atomic mass is 10.2. The summed E-state index contributed by atoms with van der Waals surface area (Å²) >= 11 is 0. The molecule has 5 nitrogen and oxygen atoms in total. The fourth-order valence-electron chi connectivity index (χ4n) is 1.39. The van der Waals surface area contributed by atoms with Gasteiger partial charge in [0, 0.05) is 6.04 Å². The van der Waals surface area contributed by atoms with E-state index in [-0.39, 0.29) is 17.9 Å². The number of aryl methyl sites for hydroxylation is 1. The fourth-order valence-corrected chi connectivity index (χ4v) is 2.59. The van der Waals surface area contributed by atoms with Crippen molar-refractivity contribution in [1.82, 2.24) is 4.31 Å². The Balaban J connectivity index is 2.93. The Morgan fingerprint density at radius 3 is 2.42 bits per heavy atom. The van der Waals surface area contributed by atoms with Crippen molar-refractivity contribution in [2.24, 2.45) is 0 Å². The molecule has 0 bridgehead atoms. The number of hydrogen-bond donors (Lipinski definition) is 0. The predicted octanol–water partition coefficient (Wildman–Crippen LogP) is 1.14. The Morgan fingerprint density at radius 2 is 1.95 bits per heavy atom. The maximum absolute atomic E-state index is 12.2.